The predicted octanol–water partition coefficient (Wildman–Crippen LogP) is 1.75. The van der Waals surface area contributed by atoms with Crippen molar-refractivity contribution in [1.82, 2.24) is 9.21 Å². The van der Waals surface area contributed by atoms with E-state index in [1.807, 2.05) is 14.0 Å². The molecule has 0 bridgehead atoms. The lowest BCUT2D eigenvalue weighted by Gasteiger charge is -2.20. The van der Waals surface area contributed by atoms with E-state index in [0.717, 1.165) is 25.9 Å². The second-order valence-corrected chi connectivity index (χ2v) is 7.82. The molecule has 1 aliphatic rings. The van der Waals surface area contributed by atoms with Gasteiger partial charge < -0.3 is 10.2 Å². The lowest BCUT2D eigenvalue weighted by molar-refractivity contribution is -0.116. The molecule has 23 heavy (non-hydrogen) atoms. The Morgan fingerprint density at radius 2 is 2.00 bits per heavy atom. The Morgan fingerprint density at radius 3 is 2.74 bits per heavy atom. The van der Waals surface area contributed by atoms with E-state index in [1.54, 1.807) is 18.2 Å². The Balaban J connectivity index is 2.17. The average molecular weight is 339 g/mol. The van der Waals surface area contributed by atoms with Crippen molar-refractivity contribution in [2.45, 2.75) is 31.1 Å². The van der Waals surface area contributed by atoms with Crippen LogP contribution in [-0.4, -0.2) is 56.8 Å². The first-order valence-corrected chi connectivity index (χ1v) is 9.46. The fraction of sp³-hybridized carbons (Fsp3) is 0.562. The summed E-state index contributed by atoms with van der Waals surface area (Å²) in [7, 11) is -1.52. The van der Waals surface area contributed by atoms with E-state index in [2.05, 4.69) is 10.2 Å². The molecule has 7 heteroatoms. The molecule has 1 aromatic rings. The minimum absolute atomic E-state index is 0.0987. The van der Waals surface area contributed by atoms with Crippen LogP contribution in [0.15, 0.2) is 29.2 Å². The number of hydrogen-bond acceptors (Lipinski definition) is 4. The summed E-state index contributed by atoms with van der Waals surface area (Å²) in [6.45, 7) is 4.58. The van der Waals surface area contributed by atoms with Crippen molar-refractivity contribution >= 4 is 21.6 Å². The van der Waals surface area contributed by atoms with Crippen molar-refractivity contribution in [2.24, 2.45) is 0 Å². The van der Waals surface area contributed by atoms with Crippen molar-refractivity contribution in [2.75, 3.05) is 38.5 Å². The van der Waals surface area contributed by atoms with E-state index in [-0.39, 0.29) is 10.8 Å². The lowest BCUT2D eigenvalue weighted by Crippen LogP contribution is -2.34. The molecule has 0 aromatic heterocycles. The van der Waals surface area contributed by atoms with Crippen molar-refractivity contribution in [3.05, 3.63) is 24.3 Å². The topological polar surface area (TPSA) is 69.7 Å². The van der Waals surface area contributed by atoms with Crippen LogP contribution in [0.25, 0.3) is 0 Å². The van der Waals surface area contributed by atoms with Gasteiger partial charge in [-0.2, -0.15) is 4.31 Å². The highest BCUT2D eigenvalue weighted by Gasteiger charge is 2.26. The molecule has 1 aliphatic heterocycles. The van der Waals surface area contributed by atoms with Crippen LogP contribution in [0.2, 0.25) is 0 Å². The SMILES string of the molecule is CCCC(=O)Nc1cccc(S(=O)(=O)N2CCCN(C)CC2)c1. The Morgan fingerprint density at radius 1 is 1.22 bits per heavy atom. The number of nitrogens with one attached hydrogen (secondary N) is 1. The minimum atomic E-state index is -3.52. The van der Waals surface area contributed by atoms with E-state index < -0.39 is 10.0 Å². The van der Waals surface area contributed by atoms with Crippen LogP contribution in [0.3, 0.4) is 0 Å². The number of sulfonamides is 1. The van der Waals surface area contributed by atoms with Crippen LogP contribution in [0.4, 0.5) is 5.69 Å². The molecule has 1 fully saturated rings. The number of anilines is 1. The zero-order valence-corrected chi connectivity index (χ0v) is 14.6. The molecule has 128 valence electrons. The molecule has 1 saturated heterocycles. The van der Waals surface area contributed by atoms with Gasteiger partial charge >= 0.3 is 0 Å². The first kappa shape index (κ1) is 17.9. The molecule has 0 spiro atoms. The van der Waals surface area contributed by atoms with Gasteiger partial charge in [0.1, 0.15) is 0 Å². The van der Waals surface area contributed by atoms with Gasteiger partial charge in [-0.15, -0.1) is 0 Å². The predicted molar refractivity (Wildman–Crippen MR) is 90.9 cm³/mol. The Labute approximate surface area is 138 Å². The van der Waals surface area contributed by atoms with Gasteiger partial charge in [-0.25, -0.2) is 8.42 Å². The first-order chi connectivity index (χ1) is 10.9. The van der Waals surface area contributed by atoms with Crippen LogP contribution < -0.4 is 5.32 Å². The molecule has 1 amide bonds. The molecular weight excluding hydrogens is 314 g/mol. The highest BCUT2D eigenvalue weighted by Crippen LogP contribution is 2.21. The standard InChI is InChI=1S/C16H25N3O3S/c1-3-6-16(20)17-14-7-4-8-15(13-14)23(21,22)19-10-5-9-18(2)11-12-19/h4,7-8,13H,3,5-6,9-12H2,1-2H3,(H,17,20). The Bertz CT molecular complexity index is 646. The van der Waals surface area contributed by atoms with Crippen LogP contribution in [-0.2, 0) is 14.8 Å². The summed E-state index contributed by atoms with van der Waals surface area (Å²) in [5, 5.41) is 2.75. The van der Waals surface area contributed by atoms with Gasteiger partial charge in [0.05, 0.1) is 4.90 Å². The van der Waals surface area contributed by atoms with Gasteiger partial charge in [0.2, 0.25) is 15.9 Å². The maximum Gasteiger partial charge on any atom is 0.243 e. The van der Waals surface area contributed by atoms with Gasteiger partial charge in [-0.1, -0.05) is 13.0 Å². The number of hydrogen-bond donors (Lipinski definition) is 1. The first-order valence-electron chi connectivity index (χ1n) is 8.02. The van der Waals surface area contributed by atoms with Crippen LogP contribution in [0.1, 0.15) is 26.2 Å². The summed E-state index contributed by atoms with van der Waals surface area (Å²) in [5.41, 5.74) is 0.525. The van der Waals surface area contributed by atoms with Gasteiger partial charge in [0.25, 0.3) is 0 Å². The number of amides is 1. The molecule has 6 nitrogen and oxygen atoms in total. The molecule has 1 N–H and O–H groups in total. The zero-order valence-electron chi connectivity index (χ0n) is 13.8. The second-order valence-electron chi connectivity index (χ2n) is 5.89. The number of benzene rings is 1. The van der Waals surface area contributed by atoms with Crippen molar-refractivity contribution in [3.63, 3.8) is 0 Å². The summed E-state index contributed by atoms with van der Waals surface area (Å²) in [5.74, 6) is -0.0987. The van der Waals surface area contributed by atoms with Crippen molar-refractivity contribution < 1.29 is 13.2 Å². The highest BCUT2D eigenvalue weighted by atomic mass is 32.2. The van der Waals surface area contributed by atoms with E-state index >= 15 is 0 Å². The van der Waals surface area contributed by atoms with Crippen LogP contribution in [0, 0.1) is 0 Å². The van der Waals surface area contributed by atoms with E-state index in [9.17, 15) is 13.2 Å². The molecule has 0 saturated carbocycles. The molecule has 1 aromatic carbocycles. The average Bonchev–Trinajstić information content (AvgIpc) is 2.73. The van der Waals surface area contributed by atoms with Gasteiger partial charge in [-0.05, 0) is 44.6 Å². The van der Waals surface area contributed by atoms with Crippen LogP contribution >= 0.6 is 0 Å². The third-order valence-electron chi connectivity index (χ3n) is 3.91. The van der Waals surface area contributed by atoms with Crippen molar-refractivity contribution in [3.8, 4) is 0 Å². The highest BCUT2D eigenvalue weighted by molar-refractivity contribution is 7.89. The summed E-state index contributed by atoms with van der Waals surface area (Å²) < 4.78 is 27.1. The summed E-state index contributed by atoms with van der Waals surface area (Å²) in [6.07, 6.45) is 2.00. The van der Waals surface area contributed by atoms with E-state index in [1.165, 1.54) is 10.4 Å². The molecule has 0 radical (unpaired) electrons. The monoisotopic (exact) mass is 339 g/mol. The summed E-state index contributed by atoms with van der Waals surface area (Å²) in [6, 6.07) is 6.50. The summed E-state index contributed by atoms with van der Waals surface area (Å²) >= 11 is 0. The fourth-order valence-corrected chi connectivity index (χ4v) is 4.11. The molecular formula is C16H25N3O3S. The van der Waals surface area contributed by atoms with Crippen LogP contribution in [0.5, 0.6) is 0 Å². The molecule has 0 aliphatic carbocycles. The maximum absolute atomic E-state index is 12.8. The molecule has 1 heterocycles. The Hall–Kier alpha value is -1.44. The minimum Gasteiger partial charge on any atom is -0.326 e. The zero-order chi connectivity index (χ0) is 16.9. The van der Waals surface area contributed by atoms with Gasteiger partial charge in [0.15, 0.2) is 0 Å². The van der Waals surface area contributed by atoms with Gasteiger partial charge in [-0.3, -0.25) is 4.79 Å². The molecule has 2 rings (SSSR count). The van der Waals surface area contributed by atoms with E-state index in [4.69, 9.17) is 0 Å². The molecule has 0 atom stereocenters. The normalized spacial score (nSPS) is 17.7. The van der Waals surface area contributed by atoms with Gasteiger partial charge in [0, 0.05) is 31.7 Å². The molecule has 0 unspecified atom stereocenters. The Kier molecular flexibility index (Phi) is 6.15. The maximum atomic E-state index is 12.8. The smallest absolute Gasteiger partial charge is 0.243 e. The number of rotatable bonds is 5. The third kappa shape index (κ3) is 4.76. The number of carbonyl (C=O) groups excluding carboxylic acids is 1. The quantitative estimate of drug-likeness (QED) is 0.887. The number of nitrogens with zero attached hydrogens (tertiary/aromatic N) is 2. The lowest BCUT2D eigenvalue weighted by atomic mass is 10.3. The fourth-order valence-electron chi connectivity index (χ4n) is 2.60. The third-order valence-corrected chi connectivity index (χ3v) is 5.81. The number of carbonyl (C=O) groups is 1. The second kappa shape index (κ2) is 7.90. The summed E-state index contributed by atoms with van der Waals surface area (Å²) in [4.78, 5) is 14.0. The van der Waals surface area contributed by atoms with Crippen molar-refractivity contribution in [1.29, 1.82) is 0 Å². The number of likely N-dealkylation sites (N-methyl/N-ethyl adjacent to an activating group) is 1. The van der Waals surface area contributed by atoms with E-state index in [0.29, 0.717) is 25.2 Å². The largest absolute Gasteiger partial charge is 0.326 e.